The summed E-state index contributed by atoms with van der Waals surface area (Å²) in [6.45, 7) is 5.18. The predicted octanol–water partition coefficient (Wildman–Crippen LogP) is 3.64. The van der Waals surface area contributed by atoms with Crippen molar-refractivity contribution in [2.75, 3.05) is 0 Å². The highest BCUT2D eigenvalue weighted by atomic mass is 16.5. The number of hydrogen-bond donors (Lipinski definition) is 1. The Bertz CT molecular complexity index is 574. The Morgan fingerprint density at radius 3 is 2.38 bits per heavy atom. The van der Waals surface area contributed by atoms with Crippen LogP contribution in [0.4, 0.5) is 0 Å². The topological polar surface area (TPSA) is 47.0 Å². The van der Waals surface area contributed by atoms with Crippen molar-refractivity contribution < 1.29 is 4.74 Å². The molecule has 0 spiro atoms. The maximum absolute atomic E-state index is 5.66. The first-order chi connectivity index (χ1) is 10.2. The first kappa shape index (κ1) is 14.0. The number of rotatable bonds is 6. The van der Waals surface area contributed by atoms with E-state index in [2.05, 4.69) is 41.3 Å². The second kappa shape index (κ2) is 6.22. The molecule has 3 rings (SSSR count). The SMILES string of the molecule is CC(C)c1ccc(Oc2ncc(CNC3CC3)cn2)cc1. The van der Waals surface area contributed by atoms with Crippen LogP contribution in [0.2, 0.25) is 0 Å². The van der Waals surface area contributed by atoms with Gasteiger partial charge in [0.15, 0.2) is 0 Å². The van der Waals surface area contributed by atoms with Crippen molar-refractivity contribution in [3.8, 4) is 11.8 Å². The van der Waals surface area contributed by atoms with Crippen LogP contribution in [-0.2, 0) is 6.54 Å². The molecule has 1 fully saturated rings. The molecule has 1 heterocycles. The molecule has 110 valence electrons. The fourth-order valence-corrected chi connectivity index (χ4v) is 2.06. The van der Waals surface area contributed by atoms with Crippen LogP contribution < -0.4 is 10.1 Å². The van der Waals surface area contributed by atoms with Crippen LogP contribution in [0.5, 0.6) is 11.8 Å². The Labute approximate surface area is 125 Å². The first-order valence-corrected chi connectivity index (χ1v) is 7.53. The van der Waals surface area contributed by atoms with Crippen LogP contribution in [0.3, 0.4) is 0 Å². The monoisotopic (exact) mass is 283 g/mol. The Morgan fingerprint density at radius 2 is 1.81 bits per heavy atom. The molecule has 1 aliphatic rings. The summed E-state index contributed by atoms with van der Waals surface area (Å²) in [6, 6.07) is 9.16. The van der Waals surface area contributed by atoms with E-state index >= 15 is 0 Å². The average Bonchev–Trinajstić information content (AvgIpc) is 3.31. The van der Waals surface area contributed by atoms with Gasteiger partial charge in [-0.1, -0.05) is 26.0 Å². The first-order valence-electron chi connectivity index (χ1n) is 7.53. The maximum Gasteiger partial charge on any atom is 0.321 e. The summed E-state index contributed by atoms with van der Waals surface area (Å²) in [5.41, 5.74) is 2.38. The van der Waals surface area contributed by atoms with Crippen molar-refractivity contribution in [2.24, 2.45) is 0 Å². The summed E-state index contributed by atoms with van der Waals surface area (Å²) < 4.78 is 5.66. The van der Waals surface area contributed by atoms with Gasteiger partial charge < -0.3 is 10.1 Å². The lowest BCUT2D eigenvalue weighted by atomic mass is 10.0. The number of benzene rings is 1. The molecule has 4 nitrogen and oxygen atoms in total. The molecule has 0 atom stereocenters. The molecule has 4 heteroatoms. The van der Waals surface area contributed by atoms with Crippen LogP contribution in [0.1, 0.15) is 43.7 Å². The van der Waals surface area contributed by atoms with Crippen molar-refractivity contribution in [3.63, 3.8) is 0 Å². The van der Waals surface area contributed by atoms with Crippen molar-refractivity contribution in [3.05, 3.63) is 47.8 Å². The smallest absolute Gasteiger partial charge is 0.321 e. The van der Waals surface area contributed by atoms with Gasteiger partial charge in [0, 0.05) is 30.5 Å². The maximum atomic E-state index is 5.66. The molecule has 21 heavy (non-hydrogen) atoms. The molecule has 1 aromatic heterocycles. The third-order valence-corrected chi connectivity index (χ3v) is 3.61. The summed E-state index contributed by atoms with van der Waals surface area (Å²) in [7, 11) is 0. The Hall–Kier alpha value is -1.94. The number of hydrogen-bond acceptors (Lipinski definition) is 4. The third-order valence-electron chi connectivity index (χ3n) is 3.61. The van der Waals surface area contributed by atoms with E-state index in [0.717, 1.165) is 17.9 Å². The highest BCUT2D eigenvalue weighted by Gasteiger charge is 2.19. The number of nitrogens with zero attached hydrogens (tertiary/aromatic N) is 2. The summed E-state index contributed by atoms with van der Waals surface area (Å²) >= 11 is 0. The van der Waals surface area contributed by atoms with E-state index in [4.69, 9.17) is 4.74 Å². The van der Waals surface area contributed by atoms with Gasteiger partial charge >= 0.3 is 6.01 Å². The average molecular weight is 283 g/mol. The minimum absolute atomic E-state index is 0.391. The van der Waals surface area contributed by atoms with Crippen LogP contribution in [-0.4, -0.2) is 16.0 Å². The normalized spacial score (nSPS) is 14.4. The lowest BCUT2D eigenvalue weighted by Gasteiger charge is -2.08. The molecule has 0 saturated heterocycles. The summed E-state index contributed by atoms with van der Waals surface area (Å²) in [4.78, 5) is 8.51. The van der Waals surface area contributed by atoms with Crippen molar-refractivity contribution in [2.45, 2.75) is 45.2 Å². The molecule has 1 aliphatic carbocycles. The molecule has 0 radical (unpaired) electrons. The van der Waals surface area contributed by atoms with Crippen molar-refractivity contribution >= 4 is 0 Å². The number of nitrogens with one attached hydrogen (secondary N) is 1. The van der Waals surface area contributed by atoms with E-state index in [1.807, 2.05) is 24.5 Å². The van der Waals surface area contributed by atoms with Gasteiger partial charge in [-0.3, -0.25) is 0 Å². The van der Waals surface area contributed by atoms with Gasteiger partial charge in [-0.05, 0) is 36.5 Å². The van der Waals surface area contributed by atoms with Gasteiger partial charge in [0.2, 0.25) is 0 Å². The second-order valence-electron chi connectivity index (χ2n) is 5.85. The summed E-state index contributed by atoms with van der Waals surface area (Å²) in [5.74, 6) is 1.29. The zero-order chi connectivity index (χ0) is 14.7. The zero-order valence-corrected chi connectivity index (χ0v) is 12.5. The van der Waals surface area contributed by atoms with Gasteiger partial charge in [0.05, 0.1) is 0 Å². The van der Waals surface area contributed by atoms with Crippen LogP contribution in [0, 0.1) is 0 Å². The predicted molar refractivity (Wildman–Crippen MR) is 82.5 cm³/mol. The molecule has 0 unspecified atom stereocenters. The lowest BCUT2D eigenvalue weighted by molar-refractivity contribution is 0.440. The zero-order valence-electron chi connectivity index (χ0n) is 12.5. The van der Waals surface area contributed by atoms with Crippen molar-refractivity contribution in [1.29, 1.82) is 0 Å². The Morgan fingerprint density at radius 1 is 1.14 bits per heavy atom. The number of aromatic nitrogens is 2. The van der Waals surface area contributed by atoms with E-state index in [1.54, 1.807) is 0 Å². The Kier molecular flexibility index (Phi) is 4.15. The fourth-order valence-electron chi connectivity index (χ4n) is 2.06. The van der Waals surface area contributed by atoms with E-state index in [-0.39, 0.29) is 0 Å². The molecule has 0 bridgehead atoms. The lowest BCUT2D eigenvalue weighted by Crippen LogP contribution is -2.15. The summed E-state index contributed by atoms with van der Waals surface area (Å²) in [5, 5.41) is 3.44. The van der Waals surface area contributed by atoms with Gasteiger partial charge in [-0.25, -0.2) is 9.97 Å². The summed E-state index contributed by atoms with van der Waals surface area (Å²) in [6.07, 6.45) is 6.21. The highest BCUT2D eigenvalue weighted by Crippen LogP contribution is 2.22. The quantitative estimate of drug-likeness (QED) is 0.879. The van der Waals surface area contributed by atoms with E-state index in [9.17, 15) is 0 Å². The molecule has 2 aromatic rings. The molecular weight excluding hydrogens is 262 g/mol. The molecule has 1 saturated carbocycles. The fraction of sp³-hybridized carbons (Fsp3) is 0.412. The molecule has 1 N–H and O–H groups in total. The van der Waals surface area contributed by atoms with Gasteiger partial charge in [0.25, 0.3) is 0 Å². The number of ether oxygens (including phenoxy) is 1. The van der Waals surface area contributed by atoms with Gasteiger partial charge in [0.1, 0.15) is 5.75 Å². The van der Waals surface area contributed by atoms with Gasteiger partial charge in [-0.2, -0.15) is 0 Å². The van der Waals surface area contributed by atoms with Gasteiger partial charge in [-0.15, -0.1) is 0 Å². The minimum atomic E-state index is 0.391. The van der Waals surface area contributed by atoms with E-state index in [1.165, 1.54) is 18.4 Å². The van der Waals surface area contributed by atoms with E-state index in [0.29, 0.717) is 18.0 Å². The largest absolute Gasteiger partial charge is 0.424 e. The third kappa shape index (κ3) is 4.02. The molecular formula is C17H21N3O. The Balaban J connectivity index is 1.58. The molecule has 0 amide bonds. The van der Waals surface area contributed by atoms with Crippen LogP contribution in [0.25, 0.3) is 0 Å². The minimum Gasteiger partial charge on any atom is -0.424 e. The van der Waals surface area contributed by atoms with Crippen LogP contribution in [0.15, 0.2) is 36.7 Å². The van der Waals surface area contributed by atoms with Crippen LogP contribution >= 0.6 is 0 Å². The highest BCUT2D eigenvalue weighted by molar-refractivity contribution is 5.30. The van der Waals surface area contributed by atoms with Crippen molar-refractivity contribution in [1.82, 2.24) is 15.3 Å². The molecule has 0 aliphatic heterocycles. The molecule has 1 aromatic carbocycles. The van der Waals surface area contributed by atoms with E-state index < -0.39 is 0 Å². The standard InChI is InChI=1S/C17H21N3O/c1-12(2)14-3-7-16(8-4-14)21-17-19-10-13(11-20-17)9-18-15-5-6-15/h3-4,7-8,10-12,15,18H,5-6,9H2,1-2H3. The second-order valence-corrected chi connectivity index (χ2v) is 5.85.